The van der Waals surface area contributed by atoms with Crippen LogP contribution >= 0.6 is 0 Å². The van der Waals surface area contributed by atoms with Crippen LogP contribution in [0, 0.1) is 5.92 Å². The molecule has 0 fully saturated rings. The second kappa shape index (κ2) is 15.4. The first kappa shape index (κ1) is 32.8. The first-order valence-electron chi connectivity index (χ1n) is 13.3. The second-order valence-electron chi connectivity index (χ2n) is 10.8. The average molecular weight is 570 g/mol. The minimum atomic E-state index is -1.39. The number of alkyl carbamates (subject to hydrolysis) is 1. The van der Waals surface area contributed by atoms with Crippen LogP contribution in [0.25, 0.3) is 0 Å². The molecule has 0 spiro atoms. The van der Waals surface area contributed by atoms with Crippen LogP contribution in [0.4, 0.5) is 4.79 Å². The van der Waals surface area contributed by atoms with E-state index in [9.17, 15) is 29.1 Å². The summed E-state index contributed by atoms with van der Waals surface area (Å²) < 4.78 is 10.5. The molecule has 0 aromatic heterocycles. The highest BCUT2D eigenvalue weighted by atomic mass is 16.6. The van der Waals surface area contributed by atoms with Crippen molar-refractivity contribution in [1.82, 2.24) is 16.0 Å². The smallest absolute Gasteiger partial charge is 0.408 e. The average Bonchev–Trinajstić information content (AvgIpc) is 2.91. The van der Waals surface area contributed by atoms with Gasteiger partial charge in [0.2, 0.25) is 11.8 Å². The highest BCUT2D eigenvalue weighted by Gasteiger charge is 2.32. The van der Waals surface area contributed by atoms with Gasteiger partial charge in [-0.05, 0) is 44.2 Å². The summed E-state index contributed by atoms with van der Waals surface area (Å²) in [6, 6.07) is 13.3. The van der Waals surface area contributed by atoms with Crippen molar-refractivity contribution in [3.63, 3.8) is 0 Å². The maximum absolute atomic E-state index is 13.3. The van der Waals surface area contributed by atoms with Crippen LogP contribution in [0.15, 0.2) is 60.7 Å². The maximum atomic E-state index is 13.3. The zero-order valence-corrected chi connectivity index (χ0v) is 24.0. The number of benzene rings is 2. The Morgan fingerprint density at radius 3 is 1.95 bits per heavy atom. The Kier molecular flexibility index (Phi) is 12.3. The number of esters is 1. The Morgan fingerprint density at radius 2 is 1.41 bits per heavy atom. The Labute approximate surface area is 240 Å². The summed E-state index contributed by atoms with van der Waals surface area (Å²) in [7, 11) is 0. The summed E-state index contributed by atoms with van der Waals surface area (Å²) in [5.74, 6) is -3.81. The third-order valence-electron chi connectivity index (χ3n) is 5.79. The lowest BCUT2D eigenvalue weighted by molar-refractivity contribution is -0.155. The van der Waals surface area contributed by atoms with Crippen molar-refractivity contribution in [2.45, 2.75) is 77.8 Å². The Hall–Kier alpha value is -4.41. The fraction of sp³-hybridized carbons (Fsp3) is 0.433. The van der Waals surface area contributed by atoms with Gasteiger partial charge in [0.25, 0.3) is 0 Å². The lowest BCUT2D eigenvalue weighted by Crippen LogP contribution is -2.56. The molecule has 2 aromatic rings. The van der Waals surface area contributed by atoms with Crippen LogP contribution < -0.4 is 16.0 Å². The van der Waals surface area contributed by atoms with Gasteiger partial charge < -0.3 is 30.5 Å². The molecule has 0 bridgehead atoms. The van der Waals surface area contributed by atoms with Crippen molar-refractivity contribution in [3.8, 4) is 0 Å². The van der Waals surface area contributed by atoms with Crippen molar-refractivity contribution in [2.24, 2.45) is 5.92 Å². The highest BCUT2D eigenvalue weighted by molar-refractivity contribution is 5.93. The fourth-order valence-corrected chi connectivity index (χ4v) is 3.79. The topological polar surface area (TPSA) is 160 Å². The zero-order valence-electron chi connectivity index (χ0n) is 24.0. The number of carbonyl (C=O) groups is 5. The minimum absolute atomic E-state index is 0.00388. The summed E-state index contributed by atoms with van der Waals surface area (Å²) in [5, 5.41) is 17.3. The molecular weight excluding hydrogens is 530 g/mol. The maximum Gasteiger partial charge on any atom is 0.408 e. The molecule has 0 aliphatic rings. The first-order valence-corrected chi connectivity index (χ1v) is 13.3. The van der Waals surface area contributed by atoms with E-state index < -0.39 is 59.5 Å². The molecule has 3 atom stereocenters. The third kappa shape index (κ3) is 11.7. The lowest BCUT2D eigenvalue weighted by Gasteiger charge is -2.26. The van der Waals surface area contributed by atoms with Gasteiger partial charge in [0.1, 0.15) is 24.3 Å². The quantitative estimate of drug-likeness (QED) is 0.267. The van der Waals surface area contributed by atoms with Gasteiger partial charge in [-0.25, -0.2) is 9.59 Å². The SMILES string of the molecule is CC(C)[C@H](NC(=O)OCc1ccccc1)C(=O)N[C@@H](CCC(=O)OC(C)(C)C)C(=O)N[C@H](C(=O)O)c1ccccc1. The Bertz CT molecular complexity index is 1180. The number of carboxylic acids is 1. The van der Waals surface area contributed by atoms with Crippen LogP contribution in [0.1, 0.15) is 64.6 Å². The molecular formula is C30H39N3O8. The summed E-state index contributed by atoms with van der Waals surface area (Å²) in [6.07, 6.45) is -1.22. The summed E-state index contributed by atoms with van der Waals surface area (Å²) in [4.78, 5) is 63.3. The molecule has 0 radical (unpaired) electrons. The largest absolute Gasteiger partial charge is 0.479 e. The van der Waals surface area contributed by atoms with Crippen LogP contribution in [0.3, 0.4) is 0 Å². The number of amides is 3. The van der Waals surface area contributed by atoms with Crippen LogP contribution in [-0.4, -0.2) is 52.6 Å². The molecule has 11 heteroatoms. The van der Waals surface area contributed by atoms with E-state index in [1.165, 1.54) is 0 Å². The molecule has 0 saturated heterocycles. The number of nitrogens with one attached hydrogen (secondary N) is 3. The molecule has 0 aliphatic carbocycles. The monoisotopic (exact) mass is 569 g/mol. The van der Waals surface area contributed by atoms with Crippen LogP contribution in [0.5, 0.6) is 0 Å². The molecule has 0 unspecified atom stereocenters. The van der Waals surface area contributed by atoms with Gasteiger partial charge in [-0.15, -0.1) is 0 Å². The van der Waals surface area contributed by atoms with Crippen molar-refractivity contribution >= 4 is 29.8 Å². The van der Waals surface area contributed by atoms with E-state index >= 15 is 0 Å². The molecule has 0 heterocycles. The predicted octanol–water partition coefficient (Wildman–Crippen LogP) is 3.49. The number of carbonyl (C=O) groups excluding carboxylic acids is 4. The molecule has 222 valence electrons. The molecule has 4 N–H and O–H groups in total. The van der Waals surface area contributed by atoms with Crippen molar-refractivity contribution in [1.29, 1.82) is 0 Å². The van der Waals surface area contributed by atoms with Gasteiger partial charge in [-0.1, -0.05) is 74.5 Å². The van der Waals surface area contributed by atoms with E-state index in [-0.39, 0.29) is 19.4 Å². The van der Waals surface area contributed by atoms with E-state index in [1.807, 2.05) is 6.07 Å². The van der Waals surface area contributed by atoms with E-state index in [0.29, 0.717) is 5.56 Å². The zero-order chi connectivity index (χ0) is 30.6. The molecule has 2 rings (SSSR count). The van der Waals surface area contributed by atoms with Crippen LogP contribution in [-0.2, 0) is 35.3 Å². The van der Waals surface area contributed by atoms with Crippen molar-refractivity contribution < 1.29 is 38.6 Å². The van der Waals surface area contributed by atoms with Crippen LogP contribution in [0.2, 0.25) is 0 Å². The van der Waals surface area contributed by atoms with E-state index in [1.54, 1.807) is 89.2 Å². The molecule has 41 heavy (non-hydrogen) atoms. The number of hydrogen-bond acceptors (Lipinski definition) is 7. The molecule has 0 aliphatic heterocycles. The number of hydrogen-bond donors (Lipinski definition) is 4. The van der Waals surface area contributed by atoms with E-state index in [0.717, 1.165) is 5.56 Å². The first-order chi connectivity index (χ1) is 19.3. The molecule has 11 nitrogen and oxygen atoms in total. The van der Waals surface area contributed by atoms with E-state index in [2.05, 4.69) is 16.0 Å². The predicted molar refractivity (Wildman–Crippen MR) is 150 cm³/mol. The Balaban J connectivity index is 2.17. The highest BCUT2D eigenvalue weighted by Crippen LogP contribution is 2.15. The number of rotatable bonds is 13. The minimum Gasteiger partial charge on any atom is -0.479 e. The molecule has 3 amide bonds. The van der Waals surface area contributed by atoms with Gasteiger partial charge in [-0.3, -0.25) is 14.4 Å². The summed E-state index contributed by atoms with van der Waals surface area (Å²) in [6.45, 7) is 8.49. The van der Waals surface area contributed by atoms with E-state index in [4.69, 9.17) is 9.47 Å². The van der Waals surface area contributed by atoms with Gasteiger partial charge in [-0.2, -0.15) is 0 Å². The van der Waals surface area contributed by atoms with Crippen molar-refractivity contribution in [3.05, 3.63) is 71.8 Å². The number of ether oxygens (including phenoxy) is 2. The normalized spacial score (nSPS) is 13.3. The Morgan fingerprint density at radius 1 is 0.829 bits per heavy atom. The van der Waals surface area contributed by atoms with Crippen molar-refractivity contribution in [2.75, 3.05) is 0 Å². The van der Waals surface area contributed by atoms with Gasteiger partial charge in [0, 0.05) is 6.42 Å². The standard InChI is InChI=1S/C30H39N3O8/c1-19(2)24(33-29(39)40-18-20-12-8-6-9-13-20)27(36)31-22(16-17-23(34)41-30(3,4)5)26(35)32-25(28(37)38)21-14-10-7-11-15-21/h6-15,19,22,24-25H,16-18H2,1-5H3,(H,31,36)(H,32,35)(H,33,39)(H,37,38)/t22-,24-,25-/m0/s1. The molecule has 0 saturated carbocycles. The van der Waals surface area contributed by atoms with Gasteiger partial charge in [0.15, 0.2) is 6.04 Å². The number of aliphatic carboxylic acids is 1. The second-order valence-corrected chi connectivity index (χ2v) is 10.8. The summed E-state index contributed by atoms with van der Waals surface area (Å²) >= 11 is 0. The van der Waals surface area contributed by atoms with Gasteiger partial charge >= 0.3 is 18.0 Å². The van der Waals surface area contributed by atoms with Gasteiger partial charge in [0.05, 0.1) is 0 Å². The summed E-state index contributed by atoms with van der Waals surface area (Å²) in [5.41, 5.74) is 0.332. The number of carboxylic acid groups (broad SMARTS) is 1. The fourth-order valence-electron chi connectivity index (χ4n) is 3.79. The molecule has 2 aromatic carbocycles. The lowest BCUT2D eigenvalue weighted by atomic mass is 10.0. The third-order valence-corrected chi connectivity index (χ3v) is 5.79.